The van der Waals surface area contributed by atoms with E-state index in [1.54, 1.807) is 41.9 Å². The minimum Gasteiger partial charge on any atom is -0.350 e. The third kappa shape index (κ3) is 5.27. The van der Waals surface area contributed by atoms with Crippen LogP contribution < -0.4 is 10.8 Å². The van der Waals surface area contributed by atoms with Crippen molar-refractivity contribution in [2.75, 3.05) is 6.54 Å². The van der Waals surface area contributed by atoms with E-state index >= 15 is 0 Å². The van der Waals surface area contributed by atoms with Crippen LogP contribution in [0.1, 0.15) is 56.3 Å². The molecular formula is C26H33N3O5S. The maximum Gasteiger partial charge on any atom is 0.262 e. The lowest BCUT2D eigenvalue weighted by molar-refractivity contribution is -0.138. The third-order valence-corrected chi connectivity index (χ3v) is 9.04. The molecular weight excluding hydrogens is 466 g/mol. The van der Waals surface area contributed by atoms with Crippen LogP contribution in [0.2, 0.25) is 0 Å². The monoisotopic (exact) mass is 499 g/mol. The lowest BCUT2D eigenvalue weighted by atomic mass is 9.71. The van der Waals surface area contributed by atoms with Crippen molar-refractivity contribution in [1.29, 1.82) is 0 Å². The summed E-state index contributed by atoms with van der Waals surface area (Å²) >= 11 is 0. The number of hydroxylamine groups is 1. The van der Waals surface area contributed by atoms with Crippen molar-refractivity contribution < 1.29 is 23.2 Å². The summed E-state index contributed by atoms with van der Waals surface area (Å²) in [5, 5.41) is 12.2. The van der Waals surface area contributed by atoms with Gasteiger partial charge in [-0.15, -0.1) is 0 Å². The summed E-state index contributed by atoms with van der Waals surface area (Å²) in [6.07, 6.45) is 4.52. The molecule has 1 saturated heterocycles. The number of hydrogen-bond acceptors (Lipinski definition) is 5. The van der Waals surface area contributed by atoms with E-state index in [9.17, 15) is 23.2 Å². The topological polar surface area (TPSA) is 116 Å². The van der Waals surface area contributed by atoms with Gasteiger partial charge in [-0.25, -0.2) is 13.9 Å². The Morgan fingerprint density at radius 2 is 1.54 bits per heavy atom. The fraction of sp³-hybridized carbons (Fsp3) is 0.462. The van der Waals surface area contributed by atoms with E-state index in [0.29, 0.717) is 17.9 Å². The van der Waals surface area contributed by atoms with Gasteiger partial charge in [0, 0.05) is 18.2 Å². The maximum atomic E-state index is 13.6. The van der Waals surface area contributed by atoms with Gasteiger partial charge in [0.2, 0.25) is 10.0 Å². The fourth-order valence-corrected chi connectivity index (χ4v) is 7.08. The van der Waals surface area contributed by atoms with Crippen molar-refractivity contribution >= 4 is 21.8 Å². The van der Waals surface area contributed by atoms with Crippen molar-refractivity contribution in [3.8, 4) is 11.1 Å². The molecule has 3 unspecified atom stereocenters. The van der Waals surface area contributed by atoms with Gasteiger partial charge >= 0.3 is 0 Å². The number of fused-ring (bicyclic) bond motifs is 1. The first-order valence-electron chi connectivity index (χ1n) is 12.2. The largest absolute Gasteiger partial charge is 0.350 e. The van der Waals surface area contributed by atoms with Crippen molar-refractivity contribution in [3.05, 3.63) is 54.1 Å². The SMILES string of the molecule is CC(C)NC(=O)c1ccc(-c2ccc(S(=O)(=O)N3CCC4CCCCC4C3C(=O)NO)cc2)cc1. The molecule has 2 fully saturated rings. The van der Waals surface area contributed by atoms with Crippen LogP contribution in [0.4, 0.5) is 0 Å². The highest BCUT2D eigenvalue weighted by atomic mass is 32.2. The standard InChI is InChI=1S/C26H33N3O5S/c1-17(2)27-25(30)21-9-7-18(8-10-21)19-11-13-22(14-12-19)35(33,34)29-16-15-20-5-3-4-6-23(20)24(29)26(31)28-32/h7-14,17,20,23-24,32H,3-6,15-16H2,1-2H3,(H,27,30)(H,28,31). The van der Waals surface area contributed by atoms with E-state index in [1.165, 1.54) is 4.31 Å². The highest BCUT2D eigenvalue weighted by molar-refractivity contribution is 7.89. The van der Waals surface area contributed by atoms with Crippen LogP contribution in [0, 0.1) is 11.8 Å². The first-order valence-corrected chi connectivity index (χ1v) is 13.6. The molecule has 0 radical (unpaired) electrons. The van der Waals surface area contributed by atoms with Gasteiger partial charge in [0.1, 0.15) is 6.04 Å². The summed E-state index contributed by atoms with van der Waals surface area (Å²) in [5.41, 5.74) is 3.93. The number of carbonyl (C=O) groups is 2. The van der Waals surface area contributed by atoms with Gasteiger partial charge in [0.25, 0.3) is 11.8 Å². The molecule has 188 valence electrons. The highest BCUT2D eigenvalue weighted by Gasteiger charge is 2.47. The Labute approximate surface area is 206 Å². The minimum atomic E-state index is -3.94. The molecule has 4 rings (SSSR count). The summed E-state index contributed by atoms with van der Waals surface area (Å²) < 4.78 is 28.4. The van der Waals surface area contributed by atoms with Crippen LogP contribution in [0.5, 0.6) is 0 Å². The average molecular weight is 500 g/mol. The Morgan fingerprint density at radius 1 is 0.943 bits per heavy atom. The molecule has 3 atom stereocenters. The van der Waals surface area contributed by atoms with Crippen LogP contribution in [0.25, 0.3) is 11.1 Å². The van der Waals surface area contributed by atoms with E-state index in [1.807, 2.05) is 26.0 Å². The third-order valence-electron chi connectivity index (χ3n) is 7.14. The van der Waals surface area contributed by atoms with Crippen LogP contribution >= 0.6 is 0 Å². The van der Waals surface area contributed by atoms with Crippen molar-refractivity contribution in [3.63, 3.8) is 0 Å². The van der Waals surface area contributed by atoms with Crippen LogP contribution in [-0.4, -0.2) is 48.4 Å². The van der Waals surface area contributed by atoms with Gasteiger partial charge < -0.3 is 5.32 Å². The molecule has 0 aromatic heterocycles. The normalized spacial score (nSPS) is 22.9. The second kappa shape index (κ2) is 10.5. The molecule has 8 nitrogen and oxygen atoms in total. The fourth-order valence-electron chi connectivity index (χ4n) is 5.43. The van der Waals surface area contributed by atoms with E-state index in [4.69, 9.17) is 0 Å². The number of sulfonamides is 1. The Bertz CT molecular complexity index is 1160. The number of amides is 2. The number of hydrogen-bond donors (Lipinski definition) is 3. The predicted molar refractivity (Wildman–Crippen MR) is 132 cm³/mol. The Kier molecular flexibility index (Phi) is 7.59. The van der Waals surface area contributed by atoms with Gasteiger partial charge in [-0.3, -0.25) is 14.8 Å². The zero-order chi connectivity index (χ0) is 25.2. The van der Waals surface area contributed by atoms with Gasteiger partial charge in [-0.2, -0.15) is 4.31 Å². The molecule has 2 aromatic carbocycles. The van der Waals surface area contributed by atoms with E-state index in [0.717, 1.165) is 36.8 Å². The quantitative estimate of drug-likeness (QED) is 0.415. The lowest BCUT2D eigenvalue weighted by Crippen LogP contribution is -2.58. The number of piperidine rings is 1. The lowest BCUT2D eigenvalue weighted by Gasteiger charge is -2.45. The predicted octanol–water partition coefficient (Wildman–Crippen LogP) is 3.57. The summed E-state index contributed by atoms with van der Waals surface area (Å²) in [4.78, 5) is 24.9. The number of carbonyl (C=O) groups excluding carboxylic acids is 2. The number of nitrogens with zero attached hydrogens (tertiary/aromatic N) is 1. The molecule has 0 bridgehead atoms. The molecule has 1 heterocycles. The average Bonchev–Trinajstić information content (AvgIpc) is 2.87. The molecule has 1 saturated carbocycles. The van der Waals surface area contributed by atoms with Crippen molar-refractivity contribution in [2.45, 2.75) is 62.9 Å². The smallest absolute Gasteiger partial charge is 0.262 e. The number of nitrogens with one attached hydrogen (secondary N) is 2. The molecule has 35 heavy (non-hydrogen) atoms. The first-order chi connectivity index (χ1) is 16.7. The molecule has 1 aliphatic heterocycles. The maximum absolute atomic E-state index is 13.6. The van der Waals surface area contributed by atoms with Crippen molar-refractivity contribution in [2.24, 2.45) is 11.8 Å². The summed E-state index contributed by atoms with van der Waals surface area (Å²) in [6.45, 7) is 4.05. The highest BCUT2D eigenvalue weighted by Crippen LogP contribution is 2.42. The van der Waals surface area contributed by atoms with Crippen molar-refractivity contribution in [1.82, 2.24) is 15.1 Å². The molecule has 9 heteroatoms. The first kappa shape index (κ1) is 25.3. The molecule has 1 aliphatic carbocycles. The van der Waals surface area contributed by atoms with Gasteiger partial charge in [0.05, 0.1) is 4.90 Å². The summed E-state index contributed by atoms with van der Waals surface area (Å²) in [5.74, 6) is -0.602. The van der Waals surface area contributed by atoms with Crippen LogP contribution in [0.15, 0.2) is 53.4 Å². The van der Waals surface area contributed by atoms with Crippen LogP contribution in [0.3, 0.4) is 0 Å². The summed E-state index contributed by atoms with van der Waals surface area (Å²) in [6, 6.07) is 12.8. The van der Waals surface area contributed by atoms with E-state index in [2.05, 4.69) is 5.32 Å². The summed E-state index contributed by atoms with van der Waals surface area (Å²) in [7, 11) is -3.94. The molecule has 2 amide bonds. The molecule has 2 aromatic rings. The second-order valence-corrected chi connectivity index (χ2v) is 11.7. The van der Waals surface area contributed by atoms with Gasteiger partial charge in [-0.05, 0) is 73.9 Å². The van der Waals surface area contributed by atoms with E-state index in [-0.39, 0.29) is 29.3 Å². The Morgan fingerprint density at radius 3 is 2.14 bits per heavy atom. The zero-order valence-electron chi connectivity index (χ0n) is 20.1. The minimum absolute atomic E-state index is 0.0450. The Hall–Kier alpha value is -2.75. The number of benzene rings is 2. The molecule has 2 aliphatic rings. The number of rotatable bonds is 6. The Balaban J connectivity index is 1.56. The molecule has 3 N–H and O–H groups in total. The van der Waals surface area contributed by atoms with Gasteiger partial charge in [-0.1, -0.05) is 43.5 Å². The molecule has 0 spiro atoms. The zero-order valence-corrected chi connectivity index (χ0v) is 20.9. The van der Waals surface area contributed by atoms with Crippen LogP contribution in [-0.2, 0) is 14.8 Å². The van der Waals surface area contributed by atoms with Gasteiger partial charge in [0.15, 0.2) is 0 Å². The van der Waals surface area contributed by atoms with E-state index < -0.39 is 22.0 Å². The second-order valence-electron chi connectivity index (χ2n) is 9.76.